The number of rotatable bonds is 3. The molecule has 0 aromatic carbocycles. The van der Waals surface area contributed by atoms with E-state index in [0.717, 1.165) is 6.20 Å². The highest BCUT2D eigenvalue weighted by Crippen LogP contribution is 2.21. The topological polar surface area (TPSA) is 126 Å². The fourth-order valence-corrected chi connectivity index (χ4v) is 2.41. The lowest BCUT2D eigenvalue weighted by molar-refractivity contribution is -0.385. The quantitative estimate of drug-likeness (QED) is 0.640. The summed E-state index contributed by atoms with van der Waals surface area (Å²) in [6.45, 7) is 5.62. The van der Waals surface area contributed by atoms with Crippen molar-refractivity contribution in [1.82, 2.24) is 9.88 Å². The van der Waals surface area contributed by atoms with Gasteiger partial charge in [0, 0.05) is 19.2 Å². The van der Waals surface area contributed by atoms with Gasteiger partial charge in [-0.1, -0.05) is 0 Å². The van der Waals surface area contributed by atoms with Crippen molar-refractivity contribution in [3.63, 3.8) is 0 Å². The second kappa shape index (κ2) is 6.91. The first kappa shape index (κ1) is 18.4. The Kier molecular flexibility index (Phi) is 5.10. The van der Waals surface area contributed by atoms with E-state index in [-0.39, 0.29) is 18.8 Å². The van der Waals surface area contributed by atoms with E-state index in [4.69, 9.17) is 4.74 Å². The van der Waals surface area contributed by atoms with Gasteiger partial charge in [-0.3, -0.25) is 15.0 Å². The van der Waals surface area contributed by atoms with E-state index in [1.54, 1.807) is 25.7 Å². The molecule has 10 heteroatoms. The second-order valence-corrected chi connectivity index (χ2v) is 6.61. The summed E-state index contributed by atoms with van der Waals surface area (Å²) in [7, 11) is 0. The fourth-order valence-electron chi connectivity index (χ4n) is 2.41. The molecule has 2 heterocycles. The van der Waals surface area contributed by atoms with Crippen LogP contribution in [0, 0.1) is 10.1 Å². The Balaban J connectivity index is 2.14. The number of pyridine rings is 1. The number of hydrogen-bond acceptors (Lipinski definition) is 7. The molecule has 0 saturated carbocycles. The average Bonchev–Trinajstić information content (AvgIpc) is 2.52. The van der Waals surface area contributed by atoms with Gasteiger partial charge in [-0.2, -0.15) is 0 Å². The number of nitro groups is 1. The maximum atomic E-state index is 12.2. The summed E-state index contributed by atoms with van der Waals surface area (Å²) in [5, 5.41) is 20.1. The predicted octanol–water partition coefficient (Wildman–Crippen LogP) is 1.50. The van der Waals surface area contributed by atoms with Crippen LogP contribution in [0.3, 0.4) is 0 Å². The number of ether oxygens (including phenoxy) is 1. The van der Waals surface area contributed by atoms with Crippen LogP contribution in [0.25, 0.3) is 0 Å². The third-order valence-electron chi connectivity index (χ3n) is 3.56. The zero-order valence-corrected chi connectivity index (χ0v) is 14.2. The fraction of sp³-hybridized carbons (Fsp3) is 0.533. The Hall–Kier alpha value is -2.91. The van der Waals surface area contributed by atoms with Crippen LogP contribution in [-0.4, -0.2) is 63.3 Å². The third kappa shape index (κ3) is 4.55. The van der Waals surface area contributed by atoms with Gasteiger partial charge in [0.1, 0.15) is 23.7 Å². The molecule has 0 radical (unpaired) electrons. The first-order chi connectivity index (χ1) is 11.6. The summed E-state index contributed by atoms with van der Waals surface area (Å²) in [6.07, 6.45) is 0.432. The van der Waals surface area contributed by atoms with Crippen LogP contribution in [0.2, 0.25) is 0 Å². The number of piperazine rings is 1. The highest BCUT2D eigenvalue weighted by Gasteiger charge is 2.38. The minimum atomic E-state index is -1.16. The molecule has 1 atom stereocenters. The van der Waals surface area contributed by atoms with Gasteiger partial charge in [0.15, 0.2) is 0 Å². The van der Waals surface area contributed by atoms with Crippen LogP contribution >= 0.6 is 0 Å². The van der Waals surface area contributed by atoms with Crippen molar-refractivity contribution in [3.05, 3.63) is 28.4 Å². The van der Waals surface area contributed by atoms with Gasteiger partial charge in [0.2, 0.25) is 0 Å². The molecule has 0 aliphatic carbocycles. The molecule has 1 saturated heterocycles. The van der Waals surface area contributed by atoms with Gasteiger partial charge in [-0.05, 0) is 26.8 Å². The lowest BCUT2D eigenvalue weighted by Crippen LogP contribution is -2.59. The normalized spacial score (nSPS) is 18.0. The van der Waals surface area contributed by atoms with E-state index in [1.807, 2.05) is 0 Å². The van der Waals surface area contributed by atoms with Crippen LogP contribution in [-0.2, 0) is 9.53 Å². The van der Waals surface area contributed by atoms with E-state index < -0.39 is 28.6 Å². The van der Waals surface area contributed by atoms with Gasteiger partial charge in [-0.25, -0.2) is 14.6 Å². The van der Waals surface area contributed by atoms with Crippen LogP contribution in [0.15, 0.2) is 18.3 Å². The van der Waals surface area contributed by atoms with E-state index in [2.05, 4.69) is 4.98 Å². The predicted molar refractivity (Wildman–Crippen MR) is 87.5 cm³/mol. The van der Waals surface area contributed by atoms with Crippen molar-refractivity contribution in [2.24, 2.45) is 0 Å². The van der Waals surface area contributed by atoms with Gasteiger partial charge in [0.25, 0.3) is 5.69 Å². The number of carbonyl (C=O) groups excluding carboxylic acids is 1. The van der Waals surface area contributed by atoms with Crippen LogP contribution in [0.1, 0.15) is 20.8 Å². The first-order valence-electron chi connectivity index (χ1n) is 7.66. The third-order valence-corrected chi connectivity index (χ3v) is 3.56. The molecule has 1 aromatic rings. The molecule has 0 bridgehead atoms. The minimum absolute atomic E-state index is 0.0133. The largest absolute Gasteiger partial charge is 0.480 e. The number of nitrogens with zero attached hydrogens (tertiary/aromatic N) is 4. The molecule has 1 fully saturated rings. The SMILES string of the molecule is CC(C)(C)OC(=O)N1CCN(c2ccc([N+](=O)[O-])cn2)C[C@H]1C(=O)O. The first-order valence-corrected chi connectivity index (χ1v) is 7.66. The minimum Gasteiger partial charge on any atom is -0.480 e. The van der Waals surface area contributed by atoms with Gasteiger partial charge < -0.3 is 14.7 Å². The molecule has 1 N–H and O–H groups in total. The summed E-state index contributed by atoms with van der Waals surface area (Å²) in [5.41, 5.74) is -0.872. The molecule has 1 aliphatic heterocycles. The standard InChI is InChI=1S/C15H20N4O6/c1-15(2,3)25-14(22)18-7-6-17(9-11(18)13(20)21)12-5-4-10(8-16-12)19(23)24/h4-5,8,11H,6-7,9H2,1-3H3,(H,20,21)/t11-/m0/s1. The van der Waals surface area contributed by atoms with Crippen LogP contribution < -0.4 is 4.90 Å². The van der Waals surface area contributed by atoms with Crippen molar-refractivity contribution in [3.8, 4) is 0 Å². The molecular formula is C15H20N4O6. The summed E-state index contributed by atoms with van der Waals surface area (Å²) in [6, 6.07) is 1.67. The molecule has 10 nitrogen and oxygen atoms in total. The lowest BCUT2D eigenvalue weighted by atomic mass is 10.1. The smallest absolute Gasteiger partial charge is 0.411 e. The Morgan fingerprint density at radius 3 is 2.52 bits per heavy atom. The van der Waals surface area contributed by atoms with Gasteiger partial charge >= 0.3 is 12.1 Å². The zero-order valence-electron chi connectivity index (χ0n) is 14.2. The van der Waals surface area contributed by atoms with Gasteiger partial charge in [0.05, 0.1) is 11.5 Å². The maximum absolute atomic E-state index is 12.2. The maximum Gasteiger partial charge on any atom is 0.411 e. The number of anilines is 1. The average molecular weight is 352 g/mol. The highest BCUT2D eigenvalue weighted by molar-refractivity contribution is 5.81. The molecule has 25 heavy (non-hydrogen) atoms. The monoisotopic (exact) mass is 352 g/mol. The number of aromatic nitrogens is 1. The Labute approximate surface area is 144 Å². The molecule has 1 aromatic heterocycles. The lowest BCUT2D eigenvalue weighted by Gasteiger charge is -2.40. The van der Waals surface area contributed by atoms with E-state index in [0.29, 0.717) is 12.4 Å². The Morgan fingerprint density at radius 2 is 2.04 bits per heavy atom. The van der Waals surface area contributed by atoms with Gasteiger partial charge in [-0.15, -0.1) is 0 Å². The second-order valence-electron chi connectivity index (χ2n) is 6.61. The number of hydrogen-bond donors (Lipinski definition) is 1. The van der Waals surface area contributed by atoms with Crippen molar-refractivity contribution in [1.29, 1.82) is 0 Å². The van der Waals surface area contributed by atoms with Crippen molar-refractivity contribution < 1.29 is 24.4 Å². The van der Waals surface area contributed by atoms with E-state index in [9.17, 15) is 24.8 Å². The summed E-state index contributed by atoms with van der Waals surface area (Å²) >= 11 is 0. The molecule has 0 spiro atoms. The Bertz CT molecular complexity index is 670. The van der Waals surface area contributed by atoms with Crippen molar-refractivity contribution in [2.45, 2.75) is 32.4 Å². The van der Waals surface area contributed by atoms with E-state index >= 15 is 0 Å². The van der Waals surface area contributed by atoms with Crippen LogP contribution in [0.4, 0.5) is 16.3 Å². The number of amides is 1. The Morgan fingerprint density at radius 1 is 1.36 bits per heavy atom. The molecular weight excluding hydrogens is 332 g/mol. The molecule has 0 unspecified atom stereocenters. The summed E-state index contributed by atoms with van der Waals surface area (Å²) in [5.74, 6) is -0.738. The van der Waals surface area contributed by atoms with Crippen molar-refractivity contribution >= 4 is 23.6 Å². The van der Waals surface area contributed by atoms with E-state index in [1.165, 1.54) is 17.0 Å². The molecule has 2 rings (SSSR count). The number of aliphatic carboxylic acids is 1. The van der Waals surface area contributed by atoms with Crippen molar-refractivity contribution in [2.75, 3.05) is 24.5 Å². The number of carboxylic acids is 1. The number of carbonyl (C=O) groups is 2. The molecule has 1 amide bonds. The van der Waals surface area contributed by atoms with Crippen LogP contribution in [0.5, 0.6) is 0 Å². The summed E-state index contributed by atoms with van der Waals surface area (Å²) < 4.78 is 5.26. The summed E-state index contributed by atoms with van der Waals surface area (Å²) in [4.78, 5) is 40.8. The molecule has 136 valence electrons. The zero-order chi connectivity index (χ0) is 18.8. The number of carboxylic acid groups (broad SMARTS) is 1. The molecule has 1 aliphatic rings. The highest BCUT2D eigenvalue weighted by atomic mass is 16.6.